The van der Waals surface area contributed by atoms with E-state index in [2.05, 4.69) is 21.1 Å². The van der Waals surface area contributed by atoms with Gasteiger partial charge in [-0.1, -0.05) is 28.0 Å². The van der Waals surface area contributed by atoms with E-state index in [-0.39, 0.29) is 11.7 Å². The van der Waals surface area contributed by atoms with Gasteiger partial charge in [0.25, 0.3) is 0 Å². The highest BCUT2D eigenvalue weighted by atomic mass is 79.9. The Morgan fingerprint density at radius 2 is 2.29 bits per heavy atom. The molecule has 0 atom stereocenters. The molecule has 4 nitrogen and oxygen atoms in total. The van der Waals surface area contributed by atoms with E-state index in [4.69, 9.17) is 10.9 Å². The zero-order chi connectivity index (χ0) is 12.8. The standard InChI is InChI=1S/C11H15BrFN3O/c1-2-16(7-11(14)15-17)6-8-5-9(13)3-4-10(8)12/h3-5,17H,2,6-7H2,1H3,(H2,14,15). The van der Waals surface area contributed by atoms with Gasteiger partial charge < -0.3 is 10.9 Å². The fourth-order valence-electron chi connectivity index (χ4n) is 1.45. The molecule has 1 aromatic carbocycles. The van der Waals surface area contributed by atoms with Crippen LogP contribution in [0.15, 0.2) is 27.8 Å². The topological polar surface area (TPSA) is 61.8 Å². The van der Waals surface area contributed by atoms with Crippen molar-refractivity contribution in [2.45, 2.75) is 13.5 Å². The van der Waals surface area contributed by atoms with Gasteiger partial charge in [0.05, 0.1) is 6.54 Å². The molecule has 17 heavy (non-hydrogen) atoms. The molecule has 0 heterocycles. The number of amidine groups is 1. The smallest absolute Gasteiger partial charge is 0.153 e. The van der Waals surface area contributed by atoms with E-state index in [0.717, 1.165) is 16.6 Å². The maximum absolute atomic E-state index is 13.1. The lowest BCUT2D eigenvalue weighted by Gasteiger charge is -2.20. The van der Waals surface area contributed by atoms with Crippen LogP contribution in [0, 0.1) is 5.82 Å². The van der Waals surface area contributed by atoms with Crippen molar-refractivity contribution in [1.82, 2.24) is 4.90 Å². The predicted molar refractivity (Wildman–Crippen MR) is 68.5 cm³/mol. The van der Waals surface area contributed by atoms with Gasteiger partial charge in [0.1, 0.15) is 5.82 Å². The number of benzene rings is 1. The third-order valence-electron chi connectivity index (χ3n) is 2.36. The molecule has 0 radical (unpaired) electrons. The van der Waals surface area contributed by atoms with Gasteiger partial charge in [0, 0.05) is 11.0 Å². The zero-order valence-corrected chi connectivity index (χ0v) is 11.1. The van der Waals surface area contributed by atoms with Gasteiger partial charge in [0.2, 0.25) is 0 Å². The largest absolute Gasteiger partial charge is 0.409 e. The number of oxime groups is 1. The molecule has 0 saturated carbocycles. The Morgan fingerprint density at radius 3 is 2.88 bits per heavy atom. The third-order valence-corrected chi connectivity index (χ3v) is 3.14. The first-order valence-electron chi connectivity index (χ1n) is 5.19. The summed E-state index contributed by atoms with van der Waals surface area (Å²) in [7, 11) is 0. The number of hydrogen-bond acceptors (Lipinski definition) is 3. The molecule has 3 N–H and O–H groups in total. The van der Waals surface area contributed by atoms with Gasteiger partial charge in [-0.25, -0.2) is 4.39 Å². The van der Waals surface area contributed by atoms with Crippen LogP contribution in [0.4, 0.5) is 4.39 Å². The minimum Gasteiger partial charge on any atom is -0.409 e. The number of rotatable bonds is 5. The molecule has 1 aromatic rings. The van der Waals surface area contributed by atoms with Crippen LogP contribution < -0.4 is 5.73 Å². The summed E-state index contributed by atoms with van der Waals surface area (Å²) >= 11 is 3.37. The summed E-state index contributed by atoms with van der Waals surface area (Å²) in [5.74, 6) is -0.137. The lowest BCUT2D eigenvalue weighted by atomic mass is 10.2. The molecule has 0 aliphatic heterocycles. The van der Waals surface area contributed by atoms with Crippen molar-refractivity contribution in [3.63, 3.8) is 0 Å². The summed E-state index contributed by atoms with van der Waals surface area (Å²) in [4.78, 5) is 1.94. The van der Waals surface area contributed by atoms with Crippen molar-refractivity contribution in [3.05, 3.63) is 34.1 Å². The Morgan fingerprint density at radius 1 is 1.59 bits per heavy atom. The van der Waals surface area contributed by atoms with Crippen molar-refractivity contribution in [2.75, 3.05) is 13.1 Å². The van der Waals surface area contributed by atoms with Crippen LogP contribution in [0.2, 0.25) is 0 Å². The molecule has 0 aromatic heterocycles. The molecule has 1 rings (SSSR count). The molecular weight excluding hydrogens is 289 g/mol. The first-order valence-corrected chi connectivity index (χ1v) is 5.98. The Labute approximate surface area is 108 Å². The average molecular weight is 304 g/mol. The Hall–Kier alpha value is -1.14. The van der Waals surface area contributed by atoms with Crippen LogP contribution in [-0.4, -0.2) is 29.0 Å². The van der Waals surface area contributed by atoms with Gasteiger partial charge in [-0.05, 0) is 30.3 Å². The van der Waals surface area contributed by atoms with Crippen LogP contribution in [0.3, 0.4) is 0 Å². The summed E-state index contributed by atoms with van der Waals surface area (Å²) in [5, 5.41) is 11.4. The van der Waals surface area contributed by atoms with Crippen LogP contribution in [0.1, 0.15) is 12.5 Å². The second-order valence-corrected chi connectivity index (χ2v) is 4.48. The Balaban J connectivity index is 2.76. The number of hydrogen-bond donors (Lipinski definition) is 2. The lowest BCUT2D eigenvalue weighted by molar-refractivity contribution is 0.294. The fraction of sp³-hybridized carbons (Fsp3) is 0.364. The highest BCUT2D eigenvalue weighted by molar-refractivity contribution is 9.10. The summed E-state index contributed by atoms with van der Waals surface area (Å²) in [6.45, 7) is 3.55. The van der Waals surface area contributed by atoms with E-state index in [9.17, 15) is 4.39 Å². The van der Waals surface area contributed by atoms with Crippen molar-refractivity contribution in [1.29, 1.82) is 0 Å². The molecule has 0 amide bonds. The van der Waals surface area contributed by atoms with E-state index >= 15 is 0 Å². The monoisotopic (exact) mass is 303 g/mol. The Kier molecular flexibility index (Phi) is 5.37. The van der Waals surface area contributed by atoms with E-state index in [1.807, 2.05) is 11.8 Å². The maximum atomic E-state index is 13.1. The van der Waals surface area contributed by atoms with Crippen molar-refractivity contribution in [2.24, 2.45) is 10.9 Å². The van der Waals surface area contributed by atoms with E-state index in [0.29, 0.717) is 13.1 Å². The molecule has 0 aliphatic rings. The zero-order valence-electron chi connectivity index (χ0n) is 9.53. The second kappa shape index (κ2) is 6.56. The van der Waals surface area contributed by atoms with Crippen LogP contribution >= 0.6 is 15.9 Å². The van der Waals surface area contributed by atoms with Gasteiger partial charge in [0.15, 0.2) is 5.84 Å². The normalized spacial score (nSPS) is 12.1. The number of nitrogens with two attached hydrogens (primary N) is 1. The third kappa shape index (κ3) is 4.32. The molecule has 6 heteroatoms. The van der Waals surface area contributed by atoms with Gasteiger partial charge in [-0.15, -0.1) is 0 Å². The molecule has 0 fully saturated rings. The minimum atomic E-state index is -0.275. The molecule has 0 saturated heterocycles. The van der Waals surface area contributed by atoms with Crippen molar-refractivity contribution in [3.8, 4) is 0 Å². The molecule has 94 valence electrons. The molecule has 0 bridgehead atoms. The van der Waals surface area contributed by atoms with E-state index in [1.54, 1.807) is 6.07 Å². The SMILES string of the molecule is CCN(CC(N)=NO)Cc1cc(F)ccc1Br. The first kappa shape index (κ1) is 13.9. The molecular formula is C11H15BrFN3O. The maximum Gasteiger partial charge on any atom is 0.153 e. The second-order valence-electron chi connectivity index (χ2n) is 3.63. The van der Waals surface area contributed by atoms with Crippen LogP contribution in [0.25, 0.3) is 0 Å². The van der Waals surface area contributed by atoms with Gasteiger partial charge >= 0.3 is 0 Å². The van der Waals surface area contributed by atoms with Crippen molar-refractivity contribution < 1.29 is 9.60 Å². The minimum absolute atomic E-state index is 0.138. The van der Waals surface area contributed by atoms with Crippen LogP contribution in [0.5, 0.6) is 0 Å². The summed E-state index contributed by atoms with van der Waals surface area (Å²) < 4.78 is 13.9. The van der Waals surface area contributed by atoms with Gasteiger partial charge in [-0.2, -0.15) is 0 Å². The number of halogens is 2. The predicted octanol–water partition coefficient (Wildman–Crippen LogP) is 2.16. The lowest BCUT2D eigenvalue weighted by Crippen LogP contribution is -2.33. The Bertz CT molecular complexity index is 412. The summed E-state index contributed by atoms with van der Waals surface area (Å²) in [5.41, 5.74) is 6.27. The highest BCUT2D eigenvalue weighted by Crippen LogP contribution is 2.19. The van der Waals surface area contributed by atoms with E-state index in [1.165, 1.54) is 12.1 Å². The summed E-state index contributed by atoms with van der Waals surface area (Å²) in [6.07, 6.45) is 0. The molecule has 0 aliphatic carbocycles. The van der Waals surface area contributed by atoms with Crippen molar-refractivity contribution >= 4 is 21.8 Å². The fourth-order valence-corrected chi connectivity index (χ4v) is 1.82. The summed E-state index contributed by atoms with van der Waals surface area (Å²) in [6, 6.07) is 4.54. The number of nitrogens with zero attached hydrogens (tertiary/aromatic N) is 2. The van der Waals surface area contributed by atoms with Crippen LogP contribution in [-0.2, 0) is 6.54 Å². The molecule has 0 unspecified atom stereocenters. The van der Waals surface area contributed by atoms with Gasteiger partial charge in [-0.3, -0.25) is 4.90 Å². The quantitative estimate of drug-likeness (QED) is 0.379. The first-order chi connectivity index (χ1) is 8.06. The number of likely N-dealkylation sites (N-methyl/N-ethyl adjacent to an activating group) is 1. The average Bonchev–Trinajstić information content (AvgIpc) is 2.32. The highest BCUT2D eigenvalue weighted by Gasteiger charge is 2.09. The molecule has 0 spiro atoms. The van der Waals surface area contributed by atoms with E-state index < -0.39 is 0 Å².